The monoisotopic (exact) mass is 468 g/mol. The van der Waals surface area contributed by atoms with Crippen molar-refractivity contribution in [3.8, 4) is 22.6 Å². The second kappa shape index (κ2) is 9.06. The molecule has 3 aromatic heterocycles. The van der Waals surface area contributed by atoms with Crippen LogP contribution in [0.3, 0.4) is 0 Å². The lowest BCUT2D eigenvalue weighted by Gasteiger charge is -2.08. The summed E-state index contributed by atoms with van der Waals surface area (Å²) in [6.45, 7) is 1.61. The predicted molar refractivity (Wildman–Crippen MR) is 128 cm³/mol. The summed E-state index contributed by atoms with van der Waals surface area (Å²) in [6.07, 6.45) is 4.42. The SMILES string of the molecule is Cc1cc(NC(=O)Cn2cc([N+](=O)[O-])c(-c3cnn(-c4ccccc4)c3)n2)n(-c2ccccc2)n1. The number of anilines is 1. The van der Waals surface area contributed by atoms with Crippen molar-refractivity contribution < 1.29 is 9.72 Å². The third kappa shape index (κ3) is 4.55. The normalized spacial score (nSPS) is 10.9. The molecule has 1 N–H and O–H groups in total. The van der Waals surface area contributed by atoms with E-state index in [0.717, 1.165) is 17.1 Å². The molecule has 0 saturated heterocycles. The number of rotatable bonds is 7. The Morgan fingerprint density at radius 3 is 2.37 bits per heavy atom. The van der Waals surface area contributed by atoms with E-state index < -0.39 is 10.8 Å². The summed E-state index contributed by atoms with van der Waals surface area (Å²) < 4.78 is 4.48. The number of carbonyl (C=O) groups excluding carboxylic acids is 1. The van der Waals surface area contributed by atoms with E-state index >= 15 is 0 Å². The zero-order valence-electron chi connectivity index (χ0n) is 18.6. The molecule has 2 aromatic carbocycles. The van der Waals surface area contributed by atoms with Gasteiger partial charge in [-0.05, 0) is 31.2 Å². The van der Waals surface area contributed by atoms with Crippen LogP contribution in [0.5, 0.6) is 0 Å². The maximum atomic E-state index is 12.8. The van der Waals surface area contributed by atoms with Gasteiger partial charge in [0.15, 0.2) is 5.69 Å². The van der Waals surface area contributed by atoms with Crippen LogP contribution < -0.4 is 5.32 Å². The van der Waals surface area contributed by atoms with Gasteiger partial charge < -0.3 is 5.32 Å². The van der Waals surface area contributed by atoms with Crippen LogP contribution in [0.25, 0.3) is 22.6 Å². The molecule has 5 aromatic rings. The van der Waals surface area contributed by atoms with Crippen LogP contribution in [-0.4, -0.2) is 40.2 Å². The van der Waals surface area contributed by atoms with E-state index in [1.165, 1.54) is 17.1 Å². The van der Waals surface area contributed by atoms with Crippen molar-refractivity contribution in [2.45, 2.75) is 13.5 Å². The first-order chi connectivity index (χ1) is 17.0. The molecule has 0 atom stereocenters. The first kappa shape index (κ1) is 21.8. The Hall–Kier alpha value is -5.06. The van der Waals surface area contributed by atoms with Crippen LogP contribution in [0.15, 0.2) is 85.3 Å². The summed E-state index contributed by atoms with van der Waals surface area (Å²) in [4.78, 5) is 23.9. The van der Waals surface area contributed by atoms with E-state index in [-0.39, 0.29) is 17.9 Å². The molecule has 1 amide bonds. The van der Waals surface area contributed by atoms with Crippen molar-refractivity contribution in [2.24, 2.45) is 0 Å². The van der Waals surface area contributed by atoms with Crippen LogP contribution in [0, 0.1) is 17.0 Å². The number of hydrogen-bond acceptors (Lipinski definition) is 6. The molecule has 0 saturated carbocycles. The summed E-state index contributed by atoms with van der Waals surface area (Å²) in [5.74, 6) is 0.0933. The van der Waals surface area contributed by atoms with Gasteiger partial charge in [0.2, 0.25) is 5.91 Å². The highest BCUT2D eigenvalue weighted by Gasteiger charge is 2.23. The van der Waals surface area contributed by atoms with E-state index in [4.69, 9.17) is 0 Å². The Morgan fingerprint density at radius 1 is 1.00 bits per heavy atom. The smallest absolute Gasteiger partial charge is 0.309 e. The van der Waals surface area contributed by atoms with E-state index in [0.29, 0.717) is 11.4 Å². The van der Waals surface area contributed by atoms with Crippen molar-refractivity contribution >= 4 is 17.4 Å². The van der Waals surface area contributed by atoms with E-state index in [9.17, 15) is 14.9 Å². The molecule has 174 valence electrons. The number of aromatic nitrogens is 6. The number of carbonyl (C=O) groups is 1. The fourth-order valence-corrected chi connectivity index (χ4v) is 3.68. The van der Waals surface area contributed by atoms with Gasteiger partial charge in [-0.2, -0.15) is 15.3 Å². The highest BCUT2D eigenvalue weighted by atomic mass is 16.6. The van der Waals surface area contributed by atoms with E-state index in [1.54, 1.807) is 21.6 Å². The number of nitrogens with one attached hydrogen (secondary N) is 1. The van der Waals surface area contributed by atoms with Gasteiger partial charge in [0, 0.05) is 17.8 Å². The standard InChI is InChI=1S/C24H20N8O3/c1-17-12-22(31(27-17)20-10-6-3-7-11-20)26-23(33)16-29-15-21(32(34)35)24(28-29)18-13-25-30(14-18)19-8-4-2-5-9-19/h2-15H,16H2,1H3,(H,26,33). The molecule has 0 aliphatic heterocycles. The minimum absolute atomic E-state index is 0.134. The third-order valence-corrected chi connectivity index (χ3v) is 5.22. The Morgan fingerprint density at radius 2 is 1.69 bits per heavy atom. The highest BCUT2D eigenvalue weighted by molar-refractivity contribution is 5.90. The van der Waals surface area contributed by atoms with Crippen LogP contribution >= 0.6 is 0 Å². The molecule has 0 radical (unpaired) electrons. The first-order valence-corrected chi connectivity index (χ1v) is 10.7. The van der Waals surface area contributed by atoms with Gasteiger partial charge >= 0.3 is 5.69 Å². The summed E-state index contributed by atoms with van der Waals surface area (Å²) in [6, 6.07) is 20.5. The third-order valence-electron chi connectivity index (χ3n) is 5.22. The molecule has 0 aliphatic rings. The lowest BCUT2D eigenvalue weighted by atomic mass is 10.2. The number of benzene rings is 2. The van der Waals surface area contributed by atoms with Gasteiger partial charge in [-0.25, -0.2) is 9.36 Å². The van der Waals surface area contributed by atoms with Crippen LogP contribution in [0.1, 0.15) is 5.69 Å². The Kier molecular flexibility index (Phi) is 5.63. The zero-order chi connectivity index (χ0) is 24.4. The van der Waals surface area contributed by atoms with Crippen LogP contribution in [0.4, 0.5) is 11.5 Å². The topological polar surface area (TPSA) is 126 Å². The van der Waals surface area contributed by atoms with Gasteiger partial charge in [0.25, 0.3) is 0 Å². The molecule has 0 aliphatic carbocycles. The molecule has 0 unspecified atom stereocenters. The second-order valence-electron chi connectivity index (χ2n) is 7.79. The minimum atomic E-state index is -0.523. The summed E-state index contributed by atoms with van der Waals surface area (Å²) in [5, 5.41) is 27.5. The van der Waals surface area contributed by atoms with Crippen molar-refractivity contribution in [2.75, 3.05) is 5.32 Å². The van der Waals surface area contributed by atoms with Crippen molar-refractivity contribution in [3.05, 3.63) is 101 Å². The van der Waals surface area contributed by atoms with Crippen molar-refractivity contribution in [1.29, 1.82) is 0 Å². The maximum Gasteiger partial charge on any atom is 0.315 e. The molecule has 5 rings (SSSR count). The van der Waals surface area contributed by atoms with Gasteiger partial charge in [-0.15, -0.1) is 0 Å². The predicted octanol–water partition coefficient (Wildman–Crippen LogP) is 3.78. The number of aryl methyl sites for hydroxylation is 1. The fourth-order valence-electron chi connectivity index (χ4n) is 3.68. The number of amides is 1. The molecule has 0 spiro atoms. The van der Waals surface area contributed by atoms with Crippen molar-refractivity contribution in [1.82, 2.24) is 29.3 Å². The number of nitrogens with zero attached hydrogens (tertiary/aromatic N) is 7. The van der Waals surface area contributed by atoms with Gasteiger partial charge in [-0.1, -0.05) is 36.4 Å². The Bertz CT molecular complexity index is 1500. The zero-order valence-corrected chi connectivity index (χ0v) is 18.6. The van der Waals surface area contributed by atoms with Gasteiger partial charge in [0.05, 0.1) is 28.2 Å². The lowest BCUT2D eigenvalue weighted by molar-refractivity contribution is -0.384. The average Bonchev–Trinajstić information content (AvgIpc) is 3.58. The minimum Gasteiger partial charge on any atom is -0.309 e. The maximum absolute atomic E-state index is 12.8. The van der Waals surface area contributed by atoms with Crippen molar-refractivity contribution in [3.63, 3.8) is 0 Å². The first-order valence-electron chi connectivity index (χ1n) is 10.7. The van der Waals surface area contributed by atoms with Crippen LogP contribution in [-0.2, 0) is 11.3 Å². The number of nitro groups is 1. The fraction of sp³-hybridized carbons (Fsp3) is 0.0833. The van der Waals surface area contributed by atoms with Gasteiger partial charge in [0.1, 0.15) is 18.6 Å². The Labute approximate surface area is 199 Å². The highest BCUT2D eigenvalue weighted by Crippen LogP contribution is 2.28. The lowest BCUT2D eigenvalue weighted by Crippen LogP contribution is -2.20. The molecule has 0 fully saturated rings. The molecule has 3 heterocycles. The molecule has 0 bridgehead atoms. The Balaban J connectivity index is 1.38. The molecule has 11 heteroatoms. The molecular formula is C24H20N8O3. The summed E-state index contributed by atoms with van der Waals surface area (Å²) >= 11 is 0. The average molecular weight is 468 g/mol. The summed E-state index contributed by atoms with van der Waals surface area (Å²) in [7, 11) is 0. The second-order valence-corrected chi connectivity index (χ2v) is 7.79. The largest absolute Gasteiger partial charge is 0.315 e. The summed E-state index contributed by atoms with van der Waals surface area (Å²) in [5.41, 5.74) is 2.73. The van der Waals surface area contributed by atoms with E-state index in [1.807, 2.05) is 67.6 Å². The quantitative estimate of drug-likeness (QED) is 0.286. The number of para-hydroxylation sites is 2. The molecular weight excluding hydrogens is 448 g/mol. The molecule has 11 nitrogen and oxygen atoms in total. The van der Waals surface area contributed by atoms with Gasteiger partial charge in [-0.3, -0.25) is 19.6 Å². The van der Waals surface area contributed by atoms with E-state index in [2.05, 4.69) is 20.6 Å². The number of hydrogen-bond donors (Lipinski definition) is 1. The van der Waals surface area contributed by atoms with Crippen LogP contribution in [0.2, 0.25) is 0 Å². The molecule has 35 heavy (non-hydrogen) atoms.